The molecular formula is C6H9N2O2. The predicted molar refractivity (Wildman–Crippen MR) is 33.8 cm³/mol. The Morgan fingerprint density at radius 2 is 2.40 bits per heavy atom. The zero-order valence-corrected chi connectivity index (χ0v) is 5.83. The van der Waals surface area contributed by atoms with Gasteiger partial charge in [-0.3, -0.25) is 9.59 Å². The Labute approximate surface area is 59.2 Å². The van der Waals surface area contributed by atoms with Crippen LogP contribution >= 0.6 is 0 Å². The lowest BCUT2D eigenvalue weighted by Crippen LogP contribution is -2.35. The van der Waals surface area contributed by atoms with Gasteiger partial charge in [-0.25, -0.2) is 5.01 Å². The number of rotatable bonds is 1. The maximum absolute atomic E-state index is 10.8. The first-order chi connectivity index (χ1) is 4.70. The maximum atomic E-state index is 10.8. The quantitative estimate of drug-likeness (QED) is 0.502. The second-order valence-electron chi connectivity index (χ2n) is 2.24. The van der Waals surface area contributed by atoms with Gasteiger partial charge in [0, 0.05) is 19.9 Å². The van der Waals surface area contributed by atoms with E-state index in [9.17, 15) is 9.59 Å². The molecule has 10 heavy (non-hydrogen) atoms. The van der Waals surface area contributed by atoms with E-state index in [0.29, 0.717) is 13.0 Å². The minimum absolute atomic E-state index is 0.0461. The molecule has 0 spiro atoms. The monoisotopic (exact) mass is 141 g/mol. The molecule has 1 saturated heterocycles. The van der Waals surface area contributed by atoms with Crippen molar-refractivity contribution < 1.29 is 9.59 Å². The third kappa shape index (κ3) is 1.46. The van der Waals surface area contributed by atoms with Crippen molar-refractivity contribution in [3.63, 3.8) is 0 Å². The number of hydrogen-bond acceptors (Lipinski definition) is 2. The molecule has 1 aliphatic heterocycles. The van der Waals surface area contributed by atoms with E-state index in [0.717, 1.165) is 6.42 Å². The second-order valence-corrected chi connectivity index (χ2v) is 2.24. The SMILES string of the molecule is CC(=O)[N]N1CCCC1=O. The molecule has 0 atom stereocenters. The van der Waals surface area contributed by atoms with Gasteiger partial charge in [-0.15, -0.1) is 5.43 Å². The van der Waals surface area contributed by atoms with Gasteiger partial charge < -0.3 is 0 Å². The van der Waals surface area contributed by atoms with Crippen molar-refractivity contribution in [3.05, 3.63) is 0 Å². The van der Waals surface area contributed by atoms with Gasteiger partial charge in [-0.05, 0) is 6.42 Å². The van der Waals surface area contributed by atoms with Crippen molar-refractivity contribution in [1.29, 1.82) is 0 Å². The Bertz CT molecular complexity index is 167. The van der Waals surface area contributed by atoms with Crippen molar-refractivity contribution >= 4 is 11.8 Å². The lowest BCUT2D eigenvalue weighted by Gasteiger charge is -2.10. The van der Waals surface area contributed by atoms with Crippen LogP contribution in [-0.4, -0.2) is 23.4 Å². The summed E-state index contributed by atoms with van der Waals surface area (Å²) in [6.45, 7) is 1.93. The fraction of sp³-hybridized carbons (Fsp3) is 0.667. The van der Waals surface area contributed by atoms with Crippen LogP contribution in [0.25, 0.3) is 0 Å². The van der Waals surface area contributed by atoms with Crippen molar-refractivity contribution in [3.8, 4) is 0 Å². The summed E-state index contributed by atoms with van der Waals surface area (Å²) in [6.07, 6.45) is 1.34. The van der Waals surface area contributed by atoms with Gasteiger partial charge in [0.25, 0.3) is 5.91 Å². The summed E-state index contributed by atoms with van der Waals surface area (Å²) in [5.74, 6) is -0.356. The lowest BCUT2D eigenvalue weighted by molar-refractivity contribution is -0.137. The first-order valence-electron chi connectivity index (χ1n) is 3.23. The van der Waals surface area contributed by atoms with Crippen LogP contribution in [0.5, 0.6) is 0 Å². The second kappa shape index (κ2) is 2.68. The van der Waals surface area contributed by atoms with Crippen molar-refractivity contribution in [1.82, 2.24) is 10.4 Å². The summed E-state index contributed by atoms with van der Waals surface area (Å²) in [5.41, 5.74) is 3.50. The van der Waals surface area contributed by atoms with Gasteiger partial charge >= 0.3 is 0 Å². The van der Waals surface area contributed by atoms with Crippen LogP contribution in [0, 0.1) is 0 Å². The molecular weight excluding hydrogens is 132 g/mol. The van der Waals surface area contributed by atoms with Crippen LogP contribution in [0.2, 0.25) is 0 Å². The molecule has 2 amide bonds. The summed E-state index contributed by atoms with van der Waals surface area (Å²) in [6, 6.07) is 0. The zero-order valence-electron chi connectivity index (χ0n) is 5.83. The number of hydrogen-bond donors (Lipinski definition) is 0. The summed E-state index contributed by atoms with van der Waals surface area (Å²) < 4.78 is 0. The Morgan fingerprint density at radius 1 is 1.70 bits per heavy atom. The first-order valence-corrected chi connectivity index (χ1v) is 3.23. The standard InChI is InChI=1S/C6H9N2O2/c1-5(9)7-8-4-2-3-6(8)10/h2-4H2,1H3. The first kappa shape index (κ1) is 7.05. The molecule has 1 aliphatic rings. The van der Waals surface area contributed by atoms with E-state index < -0.39 is 0 Å². The van der Waals surface area contributed by atoms with Crippen LogP contribution in [0.4, 0.5) is 0 Å². The van der Waals surface area contributed by atoms with Gasteiger partial charge in [-0.1, -0.05) is 0 Å². The van der Waals surface area contributed by atoms with Crippen molar-refractivity contribution in [2.45, 2.75) is 19.8 Å². The minimum atomic E-state index is -0.310. The van der Waals surface area contributed by atoms with Crippen LogP contribution in [-0.2, 0) is 9.59 Å². The molecule has 0 saturated carbocycles. The van der Waals surface area contributed by atoms with Gasteiger partial charge in [0.05, 0.1) is 0 Å². The zero-order chi connectivity index (χ0) is 7.56. The number of amides is 2. The van der Waals surface area contributed by atoms with Gasteiger partial charge in [0.15, 0.2) is 0 Å². The molecule has 1 rings (SSSR count). The topological polar surface area (TPSA) is 51.5 Å². The number of carbonyl (C=O) groups is 2. The largest absolute Gasteiger partial charge is 0.273 e. The number of nitrogens with zero attached hydrogens (tertiary/aromatic N) is 2. The molecule has 4 nitrogen and oxygen atoms in total. The summed E-state index contributed by atoms with van der Waals surface area (Å²) in [5, 5.41) is 1.24. The smallest absolute Gasteiger partial charge is 0.259 e. The fourth-order valence-electron chi connectivity index (χ4n) is 0.910. The molecule has 4 heteroatoms. The molecule has 0 aromatic heterocycles. The Kier molecular flexibility index (Phi) is 1.89. The molecule has 0 N–H and O–H groups in total. The van der Waals surface area contributed by atoms with E-state index >= 15 is 0 Å². The van der Waals surface area contributed by atoms with E-state index in [-0.39, 0.29) is 11.8 Å². The van der Waals surface area contributed by atoms with Crippen LogP contribution in [0.3, 0.4) is 0 Å². The summed E-state index contributed by atoms with van der Waals surface area (Å²) in [7, 11) is 0. The third-order valence-electron chi connectivity index (χ3n) is 1.31. The Morgan fingerprint density at radius 3 is 2.80 bits per heavy atom. The van der Waals surface area contributed by atoms with Crippen LogP contribution in [0.1, 0.15) is 19.8 Å². The molecule has 1 radical (unpaired) electrons. The number of carbonyl (C=O) groups excluding carboxylic acids is 2. The molecule has 55 valence electrons. The molecule has 0 bridgehead atoms. The van der Waals surface area contributed by atoms with E-state index in [1.54, 1.807) is 0 Å². The molecule has 1 heterocycles. The van der Waals surface area contributed by atoms with Gasteiger partial charge in [-0.2, -0.15) is 0 Å². The minimum Gasteiger partial charge on any atom is -0.273 e. The Hall–Kier alpha value is -1.06. The highest BCUT2D eigenvalue weighted by atomic mass is 16.2. The lowest BCUT2D eigenvalue weighted by atomic mass is 10.4. The molecule has 1 fully saturated rings. The third-order valence-corrected chi connectivity index (χ3v) is 1.31. The highest BCUT2D eigenvalue weighted by Gasteiger charge is 2.21. The maximum Gasteiger partial charge on any atom is 0.259 e. The Balaban J connectivity index is 2.40. The predicted octanol–water partition coefficient (Wildman–Crippen LogP) is -0.325. The van der Waals surface area contributed by atoms with Crippen molar-refractivity contribution in [2.75, 3.05) is 6.54 Å². The average molecular weight is 141 g/mol. The van der Waals surface area contributed by atoms with Crippen LogP contribution < -0.4 is 5.43 Å². The molecule has 0 aromatic carbocycles. The molecule has 0 aromatic rings. The fourth-order valence-corrected chi connectivity index (χ4v) is 0.910. The average Bonchev–Trinajstić information content (AvgIpc) is 2.15. The molecule has 0 aliphatic carbocycles. The highest BCUT2D eigenvalue weighted by Crippen LogP contribution is 2.06. The normalized spacial score (nSPS) is 17.7. The van der Waals surface area contributed by atoms with E-state index in [2.05, 4.69) is 5.43 Å². The van der Waals surface area contributed by atoms with Gasteiger partial charge in [0.2, 0.25) is 5.91 Å². The summed E-state index contributed by atoms with van der Waals surface area (Å²) in [4.78, 5) is 21.2. The highest BCUT2D eigenvalue weighted by molar-refractivity contribution is 5.81. The van der Waals surface area contributed by atoms with Gasteiger partial charge in [0.1, 0.15) is 0 Å². The summed E-state index contributed by atoms with van der Waals surface area (Å²) >= 11 is 0. The van der Waals surface area contributed by atoms with E-state index in [4.69, 9.17) is 0 Å². The van der Waals surface area contributed by atoms with Crippen LogP contribution in [0.15, 0.2) is 0 Å². The van der Waals surface area contributed by atoms with E-state index in [1.807, 2.05) is 0 Å². The van der Waals surface area contributed by atoms with E-state index in [1.165, 1.54) is 11.9 Å². The van der Waals surface area contributed by atoms with Crippen molar-refractivity contribution in [2.24, 2.45) is 0 Å². The molecule has 0 unspecified atom stereocenters.